The summed E-state index contributed by atoms with van der Waals surface area (Å²) < 4.78 is 2.10. The molecular formula is C15H15N3O. The minimum Gasteiger partial charge on any atom is -0.351 e. The number of hydrogen-bond donors (Lipinski definition) is 1. The fourth-order valence-corrected chi connectivity index (χ4v) is 2.97. The number of benzene rings is 1. The first kappa shape index (κ1) is 11.8. The summed E-state index contributed by atoms with van der Waals surface area (Å²) in [5.41, 5.74) is 4.50. The molecule has 0 saturated heterocycles. The van der Waals surface area contributed by atoms with Gasteiger partial charge in [-0.1, -0.05) is 0 Å². The van der Waals surface area contributed by atoms with Crippen LogP contribution in [-0.4, -0.2) is 17.0 Å². The second kappa shape index (κ2) is 4.13. The molecule has 0 saturated carbocycles. The molecule has 0 bridgehead atoms. The number of amides is 1. The van der Waals surface area contributed by atoms with Crippen molar-refractivity contribution in [3.8, 4) is 6.07 Å². The molecule has 4 nitrogen and oxygen atoms in total. The number of carbonyl (C=O) groups is 1. The van der Waals surface area contributed by atoms with E-state index in [2.05, 4.69) is 16.0 Å². The van der Waals surface area contributed by atoms with E-state index in [9.17, 15) is 4.79 Å². The average Bonchev–Trinajstić information content (AvgIpc) is 2.55. The number of nitrogens with zero attached hydrogens (tertiary/aromatic N) is 2. The molecule has 1 aliphatic rings. The van der Waals surface area contributed by atoms with Crippen LogP contribution < -0.4 is 5.32 Å². The van der Waals surface area contributed by atoms with Gasteiger partial charge in [-0.15, -0.1) is 0 Å². The predicted octanol–water partition coefficient (Wildman–Crippen LogP) is 2.26. The first-order valence-electron chi connectivity index (χ1n) is 6.45. The Hall–Kier alpha value is -2.28. The van der Waals surface area contributed by atoms with E-state index >= 15 is 0 Å². The zero-order valence-corrected chi connectivity index (χ0v) is 11.1. The lowest BCUT2D eigenvalue weighted by Crippen LogP contribution is -2.23. The van der Waals surface area contributed by atoms with Gasteiger partial charge in [-0.05, 0) is 43.5 Å². The molecule has 3 rings (SSSR count). The molecule has 0 unspecified atom stereocenters. The fourth-order valence-electron chi connectivity index (χ4n) is 2.97. The van der Waals surface area contributed by atoms with E-state index in [1.54, 1.807) is 0 Å². The summed E-state index contributed by atoms with van der Waals surface area (Å²) in [7, 11) is 0. The second-order valence-electron chi connectivity index (χ2n) is 5.04. The van der Waals surface area contributed by atoms with E-state index in [-0.39, 0.29) is 5.91 Å². The molecule has 0 atom stereocenters. The lowest BCUT2D eigenvalue weighted by Gasteiger charge is -2.07. The van der Waals surface area contributed by atoms with Crippen molar-refractivity contribution in [1.29, 1.82) is 5.26 Å². The highest BCUT2D eigenvalue weighted by Crippen LogP contribution is 2.30. The van der Waals surface area contributed by atoms with Gasteiger partial charge in [-0.2, -0.15) is 5.26 Å². The molecule has 0 spiro atoms. The highest BCUT2D eigenvalue weighted by atomic mass is 16.2. The van der Waals surface area contributed by atoms with Crippen molar-refractivity contribution in [2.75, 3.05) is 6.54 Å². The average molecular weight is 253 g/mol. The Morgan fingerprint density at radius 1 is 1.37 bits per heavy atom. The van der Waals surface area contributed by atoms with Crippen LogP contribution in [0.4, 0.5) is 0 Å². The molecule has 2 aromatic rings. The highest BCUT2D eigenvalue weighted by Gasteiger charge is 2.23. The molecule has 2 heterocycles. The molecule has 19 heavy (non-hydrogen) atoms. The van der Waals surface area contributed by atoms with Crippen LogP contribution in [-0.2, 0) is 6.54 Å². The van der Waals surface area contributed by atoms with Crippen molar-refractivity contribution in [2.45, 2.75) is 26.8 Å². The summed E-state index contributed by atoms with van der Waals surface area (Å²) in [6.45, 7) is 5.51. The molecule has 96 valence electrons. The minimum atomic E-state index is -0.0101. The number of rotatable bonds is 0. The smallest absolute Gasteiger partial charge is 0.268 e. The Kier molecular flexibility index (Phi) is 2.56. The third kappa shape index (κ3) is 1.62. The Morgan fingerprint density at radius 3 is 2.89 bits per heavy atom. The number of fused-ring (bicyclic) bond motifs is 3. The largest absolute Gasteiger partial charge is 0.351 e. The molecule has 1 amide bonds. The third-order valence-corrected chi connectivity index (χ3v) is 3.79. The Labute approximate surface area is 111 Å². The minimum absolute atomic E-state index is 0.0101. The summed E-state index contributed by atoms with van der Waals surface area (Å²) in [4.78, 5) is 12.2. The van der Waals surface area contributed by atoms with Gasteiger partial charge in [-0.25, -0.2) is 0 Å². The quantitative estimate of drug-likeness (QED) is 0.783. The SMILES string of the molecule is Cc1c2n(c3c(C)cc(C#N)cc13)CCCNC2=O. The topological polar surface area (TPSA) is 57.8 Å². The summed E-state index contributed by atoms with van der Waals surface area (Å²) >= 11 is 0. The van der Waals surface area contributed by atoms with Gasteiger partial charge >= 0.3 is 0 Å². The summed E-state index contributed by atoms with van der Waals surface area (Å²) in [5.74, 6) is -0.0101. The van der Waals surface area contributed by atoms with Gasteiger partial charge in [0.1, 0.15) is 5.69 Å². The van der Waals surface area contributed by atoms with Crippen LogP contribution in [0.25, 0.3) is 10.9 Å². The zero-order valence-electron chi connectivity index (χ0n) is 11.1. The maximum absolute atomic E-state index is 12.2. The summed E-state index contributed by atoms with van der Waals surface area (Å²) in [5, 5.41) is 13.0. The van der Waals surface area contributed by atoms with Gasteiger partial charge in [0.2, 0.25) is 0 Å². The van der Waals surface area contributed by atoms with Crippen LogP contribution in [0.1, 0.15) is 33.6 Å². The van der Waals surface area contributed by atoms with E-state index in [1.165, 1.54) is 0 Å². The van der Waals surface area contributed by atoms with E-state index in [1.807, 2.05) is 26.0 Å². The van der Waals surface area contributed by atoms with Crippen LogP contribution in [0.5, 0.6) is 0 Å². The molecule has 0 aliphatic carbocycles. The Balaban J connectivity index is 2.43. The van der Waals surface area contributed by atoms with E-state index in [0.29, 0.717) is 5.56 Å². The van der Waals surface area contributed by atoms with Crippen molar-refractivity contribution in [2.24, 2.45) is 0 Å². The Morgan fingerprint density at radius 2 is 2.16 bits per heavy atom. The summed E-state index contributed by atoms with van der Waals surface area (Å²) in [6, 6.07) is 5.95. The first-order chi connectivity index (χ1) is 9.13. The van der Waals surface area contributed by atoms with E-state index in [4.69, 9.17) is 5.26 Å². The standard InChI is InChI=1S/C15H15N3O/c1-9-6-11(8-16)7-12-10(2)14-15(19)17-4-3-5-18(14)13(9)12/h6-7H,3-5H2,1-2H3,(H,17,19). The number of aryl methyl sites for hydroxylation is 3. The van der Waals surface area contributed by atoms with Crippen molar-refractivity contribution in [1.82, 2.24) is 9.88 Å². The van der Waals surface area contributed by atoms with Crippen molar-refractivity contribution < 1.29 is 4.79 Å². The maximum Gasteiger partial charge on any atom is 0.268 e. The predicted molar refractivity (Wildman–Crippen MR) is 73.1 cm³/mol. The van der Waals surface area contributed by atoms with Crippen LogP contribution in [0.2, 0.25) is 0 Å². The van der Waals surface area contributed by atoms with Gasteiger partial charge < -0.3 is 9.88 Å². The van der Waals surface area contributed by atoms with Crippen LogP contribution >= 0.6 is 0 Å². The van der Waals surface area contributed by atoms with Gasteiger partial charge in [0.25, 0.3) is 5.91 Å². The van der Waals surface area contributed by atoms with Gasteiger partial charge in [0.05, 0.1) is 17.1 Å². The fraction of sp³-hybridized carbons (Fsp3) is 0.333. The maximum atomic E-state index is 12.2. The van der Waals surface area contributed by atoms with E-state index < -0.39 is 0 Å². The summed E-state index contributed by atoms with van der Waals surface area (Å²) in [6.07, 6.45) is 0.932. The molecule has 1 aliphatic heterocycles. The van der Waals surface area contributed by atoms with Crippen molar-refractivity contribution in [3.63, 3.8) is 0 Å². The van der Waals surface area contributed by atoms with Crippen LogP contribution in [0.3, 0.4) is 0 Å². The molecule has 1 aromatic heterocycles. The van der Waals surface area contributed by atoms with Crippen LogP contribution in [0, 0.1) is 25.2 Å². The second-order valence-corrected chi connectivity index (χ2v) is 5.04. The van der Waals surface area contributed by atoms with Gasteiger partial charge in [-0.3, -0.25) is 4.79 Å². The van der Waals surface area contributed by atoms with Crippen molar-refractivity contribution >= 4 is 16.8 Å². The monoisotopic (exact) mass is 253 g/mol. The molecule has 0 radical (unpaired) electrons. The zero-order chi connectivity index (χ0) is 13.6. The molecule has 0 fully saturated rings. The molecule has 4 heteroatoms. The van der Waals surface area contributed by atoms with Gasteiger partial charge in [0, 0.05) is 18.5 Å². The van der Waals surface area contributed by atoms with Gasteiger partial charge in [0.15, 0.2) is 0 Å². The Bertz CT molecular complexity index is 734. The number of nitriles is 1. The third-order valence-electron chi connectivity index (χ3n) is 3.79. The molecule has 1 aromatic carbocycles. The number of carbonyl (C=O) groups excluding carboxylic acids is 1. The number of nitrogens with one attached hydrogen (secondary N) is 1. The lowest BCUT2D eigenvalue weighted by molar-refractivity contribution is 0.0951. The highest BCUT2D eigenvalue weighted by molar-refractivity contribution is 6.02. The first-order valence-corrected chi connectivity index (χ1v) is 6.45. The van der Waals surface area contributed by atoms with E-state index in [0.717, 1.165) is 47.2 Å². The van der Waals surface area contributed by atoms with Crippen molar-refractivity contribution in [3.05, 3.63) is 34.5 Å². The number of hydrogen-bond acceptors (Lipinski definition) is 2. The normalized spacial score (nSPS) is 14.7. The number of aromatic nitrogens is 1. The molecular weight excluding hydrogens is 238 g/mol. The lowest BCUT2D eigenvalue weighted by atomic mass is 10.1. The molecule has 1 N–H and O–H groups in total. The van der Waals surface area contributed by atoms with Crippen LogP contribution in [0.15, 0.2) is 12.1 Å².